The number of halogens is 1. The summed E-state index contributed by atoms with van der Waals surface area (Å²) >= 11 is 1.48. The Bertz CT molecular complexity index is 487. The Kier molecular flexibility index (Phi) is 3.93. The third-order valence-corrected chi connectivity index (χ3v) is 2.98. The monoisotopic (exact) mass is 249 g/mol. The number of nitrogens with zero attached hydrogens (tertiary/aromatic N) is 2. The first kappa shape index (κ1) is 11.9. The third kappa shape index (κ3) is 3.42. The minimum absolute atomic E-state index is 0.231. The summed E-state index contributed by atoms with van der Waals surface area (Å²) in [5, 5.41) is 3.95. The van der Waals surface area contributed by atoms with Crippen LogP contribution >= 0.6 is 11.8 Å². The van der Waals surface area contributed by atoms with Crippen LogP contribution in [0.1, 0.15) is 6.92 Å². The number of hydrogen-bond acceptors (Lipinski definition) is 4. The first-order chi connectivity index (χ1) is 8.28. The molecule has 0 aliphatic heterocycles. The standard InChI is InChI=1S/C12H12FN3S/c1-2-14-11-7-12(16-8-15-11)17-10-5-3-9(13)4-6-10/h3-8H,2H2,1H3,(H,14,15,16). The normalized spacial score (nSPS) is 10.2. The Morgan fingerprint density at radius 3 is 2.71 bits per heavy atom. The summed E-state index contributed by atoms with van der Waals surface area (Å²) in [6.45, 7) is 2.83. The van der Waals surface area contributed by atoms with Crippen molar-refractivity contribution < 1.29 is 4.39 Å². The van der Waals surface area contributed by atoms with E-state index in [0.29, 0.717) is 0 Å². The second kappa shape index (κ2) is 5.63. The van der Waals surface area contributed by atoms with Gasteiger partial charge < -0.3 is 5.32 Å². The summed E-state index contributed by atoms with van der Waals surface area (Å²) in [5.74, 6) is 0.567. The van der Waals surface area contributed by atoms with E-state index in [1.807, 2.05) is 13.0 Å². The van der Waals surface area contributed by atoms with E-state index >= 15 is 0 Å². The number of benzene rings is 1. The number of nitrogens with one attached hydrogen (secondary N) is 1. The second-order valence-corrected chi connectivity index (χ2v) is 4.42. The summed E-state index contributed by atoms with van der Waals surface area (Å²) in [6.07, 6.45) is 1.52. The van der Waals surface area contributed by atoms with E-state index in [1.165, 1.54) is 30.2 Å². The van der Waals surface area contributed by atoms with Crippen molar-refractivity contribution in [1.29, 1.82) is 0 Å². The van der Waals surface area contributed by atoms with Crippen molar-refractivity contribution >= 4 is 17.6 Å². The maximum absolute atomic E-state index is 12.7. The van der Waals surface area contributed by atoms with Crippen molar-refractivity contribution in [2.75, 3.05) is 11.9 Å². The molecule has 1 aromatic heterocycles. The van der Waals surface area contributed by atoms with Crippen LogP contribution in [0.5, 0.6) is 0 Å². The Labute approximate surface area is 103 Å². The van der Waals surface area contributed by atoms with Crippen molar-refractivity contribution in [2.45, 2.75) is 16.8 Å². The largest absolute Gasteiger partial charge is 0.370 e. The maximum atomic E-state index is 12.7. The van der Waals surface area contributed by atoms with Gasteiger partial charge in [0.1, 0.15) is 23.0 Å². The molecule has 0 saturated heterocycles. The highest BCUT2D eigenvalue weighted by atomic mass is 32.2. The quantitative estimate of drug-likeness (QED) is 0.844. The van der Waals surface area contributed by atoms with Crippen LogP contribution < -0.4 is 5.32 Å². The Morgan fingerprint density at radius 1 is 1.24 bits per heavy atom. The van der Waals surface area contributed by atoms with Crippen molar-refractivity contribution in [3.05, 3.63) is 42.5 Å². The van der Waals surface area contributed by atoms with Gasteiger partial charge in [0, 0.05) is 17.5 Å². The summed E-state index contributed by atoms with van der Waals surface area (Å²) < 4.78 is 12.7. The molecule has 88 valence electrons. The van der Waals surface area contributed by atoms with Gasteiger partial charge in [0.25, 0.3) is 0 Å². The molecule has 0 bridgehead atoms. The van der Waals surface area contributed by atoms with Crippen molar-refractivity contribution in [2.24, 2.45) is 0 Å². The van der Waals surface area contributed by atoms with Gasteiger partial charge in [-0.1, -0.05) is 11.8 Å². The smallest absolute Gasteiger partial charge is 0.130 e. The lowest BCUT2D eigenvalue weighted by molar-refractivity contribution is 0.626. The van der Waals surface area contributed by atoms with Crippen LogP contribution in [0.15, 0.2) is 46.6 Å². The molecule has 0 amide bonds. The minimum Gasteiger partial charge on any atom is -0.370 e. The fourth-order valence-electron chi connectivity index (χ4n) is 1.30. The lowest BCUT2D eigenvalue weighted by Crippen LogP contribution is -1.99. The molecule has 0 unspecified atom stereocenters. The predicted octanol–water partition coefficient (Wildman–Crippen LogP) is 3.20. The molecule has 0 atom stereocenters. The molecule has 1 heterocycles. The van der Waals surface area contributed by atoms with Crippen molar-refractivity contribution in [3.8, 4) is 0 Å². The SMILES string of the molecule is CCNc1cc(Sc2ccc(F)cc2)ncn1. The molecule has 1 aromatic carbocycles. The highest BCUT2D eigenvalue weighted by molar-refractivity contribution is 7.99. The molecule has 0 fully saturated rings. The third-order valence-electron chi connectivity index (χ3n) is 2.04. The summed E-state index contributed by atoms with van der Waals surface area (Å²) in [5.41, 5.74) is 0. The molecule has 2 aromatic rings. The fourth-order valence-corrected chi connectivity index (χ4v) is 2.08. The molecular formula is C12H12FN3S. The Hall–Kier alpha value is -1.62. The average molecular weight is 249 g/mol. The van der Waals surface area contributed by atoms with Gasteiger partial charge in [-0.3, -0.25) is 0 Å². The van der Waals surface area contributed by atoms with Gasteiger partial charge in [-0.2, -0.15) is 0 Å². The molecule has 2 rings (SSSR count). The van der Waals surface area contributed by atoms with Crippen LogP contribution in [0, 0.1) is 5.82 Å². The van der Waals surface area contributed by atoms with E-state index in [4.69, 9.17) is 0 Å². The van der Waals surface area contributed by atoms with Crippen LogP contribution in [-0.4, -0.2) is 16.5 Å². The van der Waals surface area contributed by atoms with Gasteiger partial charge in [0.05, 0.1) is 0 Å². The average Bonchev–Trinajstić information content (AvgIpc) is 2.33. The summed E-state index contributed by atoms with van der Waals surface area (Å²) in [7, 11) is 0. The van der Waals surface area contributed by atoms with Crippen molar-refractivity contribution in [1.82, 2.24) is 9.97 Å². The van der Waals surface area contributed by atoms with Crippen molar-refractivity contribution in [3.63, 3.8) is 0 Å². The molecule has 17 heavy (non-hydrogen) atoms. The van der Waals surface area contributed by atoms with Gasteiger partial charge in [0.15, 0.2) is 0 Å². The summed E-state index contributed by atoms with van der Waals surface area (Å²) in [4.78, 5) is 9.20. The van der Waals surface area contributed by atoms with E-state index in [0.717, 1.165) is 22.3 Å². The van der Waals surface area contributed by atoms with Crippen LogP contribution in [-0.2, 0) is 0 Å². The van der Waals surface area contributed by atoms with Crippen LogP contribution in [0.25, 0.3) is 0 Å². The number of aromatic nitrogens is 2. The van der Waals surface area contributed by atoms with Gasteiger partial charge in [-0.05, 0) is 31.2 Å². The first-order valence-electron chi connectivity index (χ1n) is 5.27. The maximum Gasteiger partial charge on any atom is 0.130 e. The molecule has 0 aliphatic rings. The van der Waals surface area contributed by atoms with Crippen LogP contribution in [0.3, 0.4) is 0 Å². The zero-order chi connectivity index (χ0) is 12.1. The van der Waals surface area contributed by atoms with E-state index < -0.39 is 0 Å². The minimum atomic E-state index is -0.231. The highest BCUT2D eigenvalue weighted by Gasteiger charge is 2.01. The van der Waals surface area contributed by atoms with Gasteiger partial charge >= 0.3 is 0 Å². The molecule has 0 spiro atoms. The Balaban J connectivity index is 2.12. The van der Waals surface area contributed by atoms with Gasteiger partial charge in [-0.15, -0.1) is 0 Å². The molecule has 1 N–H and O–H groups in total. The zero-order valence-electron chi connectivity index (χ0n) is 9.35. The number of anilines is 1. The molecule has 5 heteroatoms. The van der Waals surface area contributed by atoms with Gasteiger partial charge in [0.2, 0.25) is 0 Å². The predicted molar refractivity (Wildman–Crippen MR) is 66.7 cm³/mol. The lowest BCUT2D eigenvalue weighted by Gasteiger charge is -2.04. The number of hydrogen-bond donors (Lipinski definition) is 1. The van der Waals surface area contributed by atoms with E-state index in [9.17, 15) is 4.39 Å². The van der Waals surface area contributed by atoms with Crippen LogP contribution in [0.2, 0.25) is 0 Å². The highest BCUT2D eigenvalue weighted by Crippen LogP contribution is 2.26. The first-order valence-corrected chi connectivity index (χ1v) is 6.09. The van der Waals surface area contributed by atoms with E-state index in [-0.39, 0.29) is 5.82 Å². The molecule has 0 radical (unpaired) electrons. The molecule has 0 aliphatic carbocycles. The molecular weight excluding hydrogens is 237 g/mol. The lowest BCUT2D eigenvalue weighted by atomic mass is 10.4. The van der Waals surface area contributed by atoms with E-state index in [2.05, 4.69) is 15.3 Å². The second-order valence-electron chi connectivity index (χ2n) is 3.33. The zero-order valence-corrected chi connectivity index (χ0v) is 10.2. The topological polar surface area (TPSA) is 37.8 Å². The molecule has 0 saturated carbocycles. The molecule has 3 nitrogen and oxygen atoms in total. The van der Waals surface area contributed by atoms with Crippen LogP contribution in [0.4, 0.5) is 10.2 Å². The fraction of sp³-hybridized carbons (Fsp3) is 0.167. The Morgan fingerprint density at radius 2 is 2.00 bits per heavy atom. The summed E-state index contributed by atoms with van der Waals surface area (Å²) in [6, 6.07) is 8.21. The van der Waals surface area contributed by atoms with Gasteiger partial charge in [-0.25, -0.2) is 14.4 Å². The van der Waals surface area contributed by atoms with E-state index in [1.54, 1.807) is 12.1 Å². The number of rotatable bonds is 4.